The van der Waals surface area contributed by atoms with Gasteiger partial charge in [-0.05, 0) is 46.4 Å². The fraction of sp³-hybridized carbons (Fsp3) is 0.200. The van der Waals surface area contributed by atoms with Crippen LogP contribution >= 0.6 is 0 Å². The highest BCUT2D eigenvalue weighted by Gasteiger charge is 2.36. The minimum absolute atomic E-state index is 0.0332. The number of carboxylic acid groups (broad SMARTS) is 1. The van der Waals surface area contributed by atoms with Crippen molar-refractivity contribution in [1.82, 2.24) is 0 Å². The molecule has 0 saturated heterocycles. The molecule has 164 valence electrons. The van der Waals surface area contributed by atoms with Crippen LogP contribution in [0.4, 0.5) is 8.78 Å². The molecule has 0 fully saturated rings. The lowest BCUT2D eigenvalue weighted by Gasteiger charge is -2.21. The Labute approximate surface area is 183 Å². The third kappa shape index (κ3) is 4.11. The van der Waals surface area contributed by atoms with Crippen LogP contribution < -0.4 is 5.73 Å². The van der Waals surface area contributed by atoms with Crippen LogP contribution in [0.5, 0.6) is 0 Å². The molecular weight excluding hydrogens is 416 g/mol. The number of rotatable bonds is 7. The monoisotopic (exact) mass is 437 g/mol. The number of nitrogens with two attached hydrogens (primary N) is 1. The number of benzene rings is 3. The average molecular weight is 437 g/mol. The highest BCUT2D eigenvalue weighted by molar-refractivity contribution is 5.95. The number of carbonyl (C=O) groups excluding carboxylic acids is 1. The maximum absolute atomic E-state index is 13.5. The summed E-state index contributed by atoms with van der Waals surface area (Å²) in [5.74, 6) is -6.35. The van der Waals surface area contributed by atoms with E-state index < -0.39 is 35.5 Å². The molecule has 0 radical (unpaired) electrons. The molecule has 0 amide bonds. The van der Waals surface area contributed by atoms with Crippen LogP contribution in [-0.4, -0.2) is 29.7 Å². The van der Waals surface area contributed by atoms with E-state index in [1.54, 1.807) is 0 Å². The number of hydrogen-bond acceptors (Lipinski definition) is 4. The van der Waals surface area contributed by atoms with E-state index in [0.717, 1.165) is 34.4 Å². The molecule has 0 bridgehead atoms. The third-order valence-corrected chi connectivity index (χ3v) is 5.76. The van der Waals surface area contributed by atoms with Gasteiger partial charge in [-0.15, -0.1) is 0 Å². The molecule has 5 nitrogen and oxygen atoms in total. The van der Waals surface area contributed by atoms with E-state index in [-0.39, 0.29) is 24.5 Å². The van der Waals surface area contributed by atoms with Gasteiger partial charge in [-0.1, -0.05) is 54.6 Å². The zero-order chi connectivity index (χ0) is 22.8. The van der Waals surface area contributed by atoms with Gasteiger partial charge in [-0.3, -0.25) is 9.59 Å². The highest BCUT2D eigenvalue weighted by atomic mass is 19.2. The lowest BCUT2D eigenvalue weighted by atomic mass is 9.94. The number of halogens is 2. The van der Waals surface area contributed by atoms with Crippen molar-refractivity contribution in [3.63, 3.8) is 0 Å². The van der Waals surface area contributed by atoms with Crippen molar-refractivity contribution >= 4 is 11.9 Å². The summed E-state index contributed by atoms with van der Waals surface area (Å²) in [6, 6.07) is 17.6. The molecule has 1 aliphatic carbocycles. The van der Waals surface area contributed by atoms with E-state index in [4.69, 9.17) is 10.5 Å². The predicted molar refractivity (Wildman–Crippen MR) is 114 cm³/mol. The number of hydrogen-bond donors (Lipinski definition) is 2. The normalized spacial score (nSPS) is 14.3. The van der Waals surface area contributed by atoms with Crippen molar-refractivity contribution in [1.29, 1.82) is 0 Å². The Hall–Kier alpha value is -3.58. The SMILES string of the molecule is NC(Cc1ccc(F)c(F)c1)C(C(=O)O)C(=O)OCC1c2ccccc2-c2ccccc21. The molecule has 2 atom stereocenters. The summed E-state index contributed by atoms with van der Waals surface area (Å²) < 4.78 is 32.0. The van der Waals surface area contributed by atoms with Gasteiger partial charge < -0.3 is 15.6 Å². The number of carbonyl (C=O) groups is 2. The van der Waals surface area contributed by atoms with Crippen LogP contribution in [0.3, 0.4) is 0 Å². The molecule has 1 aliphatic rings. The van der Waals surface area contributed by atoms with Crippen molar-refractivity contribution < 1.29 is 28.2 Å². The van der Waals surface area contributed by atoms with Gasteiger partial charge in [0.2, 0.25) is 0 Å². The summed E-state index contributed by atoms with van der Waals surface area (Å²) in [5, 5.41) is 9.58. The second-order valence-corrected chi connectivity index (χ2v) is 7.79. The van der Waals surface area contributed by atoms with E-state index in [2.05, 4.69) is 0 Å². The lowest BCUT2D eigenvalue weighted by molar-refractivity contribution is -0.159. The fourth-order valence-electron chi connectivity index (χ4n) is 4.21. The quantitative estimate of drug-likeness (QED) is 0.432. The van der Waals surface area contributed by atoms with Crippen LogP contribution in [0, 0.1) is 17.6 Å². The largest absolute Gasteiger partial charge is 0.481 e. The number of fused-ring (bicyclic) bond motifs is 3. The fourth-order valence-corrected chi connectivity index (χ4v) is 4.21. The number of ether oxygens (including phenoxy) is 1. The summed E-state index contributed by atoms with van der Waals surface area (Å²) in [6.45, 7) is -0.0332. The van der Waals surface area contributed by atoms with Crippen LogP contribution in [0.25, 0.3) is 11.1 Å². The van der Waals surface area contributed by atoms with Crippen molar-refractivity contribution in [3.8, 4) is 11.1 Å². The number of aliphatic carboxylic acids is 1. The topological polar surface area (TPSA) is 89.6 Å². The minimum Gasteiger partial charge on any atom is -0.481 e. The van der Waals surface area contributed by atoms with Gasteiger partial charge in [0.15, 0.2) is 17.6 Å². The van der Waals surface area contributed by atoms with Gasteiger partial charge in [0.1, 0.15) is 6.61 Å². The molecule has 3 aromatic rings. The smallest absolute Gasteiger partial charge is 0.321 e. The summed E-state index contributed by atoms with van der Waals surface area (Å²) in [6.07, 6.45) is -0.127. The van der Waals surface area contributed by atoms with E-state index in [1.165, 1.54) is 6.07 Å². The standard InChI is InChI=1S/C25H21F2NO4/c26-20-10-9-14(11-21(20)27)12-22(28)23(24(29)30)25(31)32-13-19-17-7-3-1-5-15(17)16-6-2-4-8-18(16)19/h1-11,19,22-23H,12-13,28H2,(H,29,30). The Morgan fingerprint density at radius 3 is 2.09 bits per heavy atom. The zero-order valence-electron chi connectivity index (χ0n) is 17.0. The van der Waals surface area contributed by atoms with Gasteiger partial charge in [0, 0.05) is 12.0 Å². The Bertz CT molecular complexity index is 1130. The molecule has 7 heteroatoms. The number of carboxylic acids is 1. The highest BCUT2D eigenvalue weighted by Crippen LogP contribution is 2.44. The Morgan fingerprint density at radius 2 is 1.53 bits per heavy atom. The first-order valence-electron chi connectivity index (χ1n) is 10.1. The Balaban J connectivity index is 1.49. The van der Waals surface area contributed by atoms with Crippen LogP contribution in [0.1, 0.15) is 22.6 Å². The lowest BCUT2D eigenvalue weighted by Crippen LogP contribution is -2.43. The first-order chi connectivity index (χ1) is 15.4. The predicted octanol–water partition coefficient (Wildman–Crippen LogP) is 3.89. The van der Waals surface area contributed by atoms with Crippen molar-refractivity contribution in [3.05, 3.63) is 95.1 Å². The van der Waals surface area contributed by atoms with Crippen LogP contribution in [0.2, 0.25) is 0 Å². The van der Waals surface area contributed by atoms with Gasteiger partial charge in [-0.25, -0.2) is 8.78 Å². The second-order valence-electron chi connectivity index (χ2n) is 7.79. The van der Waals surface area contributed by atoms with Gasteiger partial charge in [0.25, 0.3) is 0 Å². The molecule has 0 aromatic heterocycles. The number of esters is 1. The van der Waals surface area contributed by atoms with Crippen molar-refractivity contribution in [2.45, 2.75) is 18.4 Å². The molecule has 0 aliphatic heterocycles. The first-order valence-corrected chi connectivity index (χ1v) is 10.1. The van der Waals surface area contributed by atoms with Crippen molar-refractivity contribution in [2.75, 3.05) is 6.61 Å². The van der Waals surface area contributed by atoms with Crippen LogP contribution in [0.15, 0.2) is 66.7 Å². The van der Waals surface area contributed by atoms with Crippen LogP contribution in [-0.2, 0) is 20.7 Å². The van der Waals surface area contributed by atoms with E-state index in [1.807, 2.05) is 48.5 Å². The second kappa shape index (κ2) is 8.88. The molecule has 0 heterocycles. The molecular formula is C25H21F2NO4. The maximum atomic E-state index is 13.5. The third-order valence-electron chi connectivity index (χ3n) is 5.76. The maximum Gasteiger partial charge on any atom is 0.321 e. The van der Waals surface area contributed by atoms with Gasteiger partial charge in [0.05, 0.1) is 0 Å². The minimum atomic E-state index is -1.64. The summed E-state index contributed by atoms with van der Waals surface area (Å²) in [4.78, 5) is 24.5. The molecule has 2 unspecified atom stereocenters. The van der Waals surface area contributed by atoms with E-state index in [0.29, 0.717) is 0 Å². The molecule has 0 spiro atoms. The Kier molecular flexibility index (Phi) is 6.01. The molecule has 3 N–H and O–H groups in total. The van der Waals surface area contributed by atoms with E-state index >= 15 is 0 Å². The Morgan fingerprint density at radius 1 is 0.938 bits per heavy atom. The summed E-state index contributed by atoms with van der Waals surface area (Å²) >= 11 is 0. The molecule has 4 rings (SSSR count). The average Bonchev–Trinajstić information content (AvgIpc) is 3.08. The van der Waals surface area contributed by atoms with E-state index in [9.17, 15) is 23.5 Å². The summed E-state index contributed by atoms with van der Waals surface area (Å²) in [5.41, 5.74) is 10.4. The zero-order valence-corrected chi connectivity index (χ0v) is 17.0. The molecule has 3 aromatic carbocycles. The molecule has 0 saturated carbocycles. The molecule has 32 heavy (non-hydrogen) atoms. The van der Waals surface area contributed by atoms with Gasteiger partial charge >= 0.3 is 11.9 Å². The first kappa shape index (κ1) is 21.6. The van der Waals surface area contributed by atoms with Crippen molar-refractivity contribution in [2.24, 2.45) is 11.7 Å². The summed E-state index contributed by atoms with van der Waals surface area (Å²) in [7, 11) is 0. The van der Waals surface area contributed by atoms with Gasteiger partial charge in [-0.2, -0.15) is 0 Å².